The second-order valence-electron chi connectivity index (χ2n) is 9.66. The van der Waals surface area contributed by atoms with Gasteiger partial charge in [0.05, 0.1) is 26.9 Å². The fourth-order valence-electron chi connectivity index (χ4n) is 4.67. The van der Waals surface area contributed by atoms with E-state index in [-0.39, 0.29) is 6.10 Å². The second kappa shape index (κ2) is 11.6. The van der Waals surface area contributed by atoms with E-state index in [9.17, 15) is 0 Å². The van der Waals surface area contributed by atoms with Crippen molar-refractivity contribution in [1.82, 2.24) is 0 Å². The van der Waals surface area contributed by atoms with Gasteiger partial charge < -0.3 is 33.2 Å². The Labute approximate surface area is 218 Å². The van der Waals surface area contributed by atoms with Gasteiger partial charge in [0.2, 0.25) is 6.29 Å². The summed E-state index contributed by atoms with van der Waals surface area (Å²) in [4.78, 5) is 0. The first-order valence-corrected chi connectivity index (χ1v) is 12.6. The summed E-state index contributed by atoms with van der Waals surface area (Å²) in [7, 11) is 1.63. The molecule has 3 aromatic carbocycles. The van der Waals surface area contributed by atoms with Crippen LogP contribution < -0.4 is 9.47 Å². The maximum Gasteiger partial charge on any atom is 0.229 e. The number of hydrogen-bond acceptors (Lipinski definition) is 7. The molecule has 7 nitrogen and oxygen atoms in total. The topological polar surface area (TPSA) is 64.6 Å². The summed E-state index contributed by atoms with van der Waals surface area (Å²) in [5.74, 6) is 0.592. The highest BCUT2D eigenvalue weighted by Crippen LogP contribution is 2.40. The summed E-state index contributed by atoms with van der Waals surface area (Å²) < 4.78 is 43.2. The van der Waals surface area contributed by atoms with Crippen molar-refractivity contribution in [2.24, 2.45) is 0 Å². The van der Waals surface area contributed by atoms with Crippen LogP contribution in [0.3, 0.4) is 0 Å². The van der Waals surface area contributed by atoms with Gasteiger partial charge in [0.25, 0.3) is 0 Å². The van der Waals surface area contributed by atoms with Crippen LogP contribution >= 0.6 is 0 Å². The standard InChI is InChI=1S/C30H34O7/c1-30(2)36-26-25(20-32-18-21-10-6-4-7-11-21)35-29(34-24-16-14-23(31-3)15-17-24)28(27(26)37-30)33-19-22-12-8-5-9-13-22/h4-17,25-29H,18-20H2,1-3H3/t25?,26-,27?,28?,29+/m0/s1. The molecule has 3 aromatic rings. The van der Waals surface area contributed by atoms with E-state index in [1.165, 1.54) is 0 Å². The Balaban J connectivity index is 1.35. The first-order valence-electron chi connectivity index (χ1n) is 12.6. The van der Waals surface area contributed by atoms with Crippen molar-refractivity contribution in [2.45, 2.75) is 63.6 Å². The molecule has 5 rings (SSSR count). The highest BCUT2D eigenvalue weighted by molar-refractivity contribution is 5.31. The van der Waals surface area contributed by atoms with E-state index in [4.69, 9.17) is 33.2 Å². The van der Waals surface area contributed by atoms with Crippen molar-refractivity contribution in [2.75, 3.05) is 13.7 Å². The van der Waals surface area contributed by atoms with Crippen molar-refractivity contribution in [3.63, 3.8) is 0 Å². The summed E-state index contributed by atoms with van der Waals surface area (Å²) in [5, 5.41) is 0. The van der Waals surface area contributed by atoms with Crippen LogP contribution in [0.5, 0.6) is 11.5 Å². The van der Waals surface area contributed by atoms with Gasteiger partial charge in [0.15, 0.2) is 5.79 Å². The maximum absolute atomic E-state index is 6.48. The van der Waals surface area contributed by atoms with E-state index in [0.29, 0.717) is 25.6 Å². The average Bonchev–Trinajstić information content (AvgIpc) is 3.25. The van der Waals surface area contributed by atoms with Gasteiger partial charge in [-0.25, -0.2) is 0 Å². The lowest BCUT2D eigenvalue weighted by atomic mass is 9.99. The highest BCUT2D eigenvalue weighted by Gasteiger charge is 2.56. The molecule has 0 N–H and O–H groups in total. The third-order valence-corrected chi connectivity index (χ3v) is 6.42. The second-order valence-corrected chi connectivity index (χ2v) is 9.66. The SMILES string of the molecule is COc1ccc(O[C@@H]2OC(COCc3ccccc3)[C@@H]3OC(C)(C)OC3C2OCc2ccccc2)cc1. The summed E-state index contributed by atoms with van der Waals surface area (Å²) >= 11 is 0. The minimum atomic E-state index is -0.792. The van der Waals surface area contributed by atoms with Crippen LogP contribution in [0.15, 0.2) is 84.9 Å². The zero-order valence-corrected chi connectivity index (χ0v) is 21.4. The van der Waals surface area contributed by atoms with E-state index in [0.717, 1.165) is 16.9 Å². The Bertz CT molecular complexity index is 1100. The van der Waals surface area contributed by atoms with Crippen LogP contribution in [0.4, 0.5) is 0 Å². The van der Waals surface area contributed by atoms with E-state index in [1.54, 1.807) is 7.11 Å². The van der Waals surface area contributed by atoms with Crippen molar-refractivity contribution >= 4 is 0 Å². The predicted molar refractivity (Wildman–Crippen MR) is 137 cm³/mol. The molecule has 0 aromatic heterocycles. The Morgan fingerprint density at radius 2 is 1.32 bits per heavy atom. The third kappa shape index (κ3) is 6.50. The molecule has 5 atom stereocenters. The van der Waals surface area contributed by atoms with Gasteiger partial charge in [-0.3, -0.25) is 0 Å². The lowest BCUT2D eigenvalue weighted by molar-refractivity contribution is -0.270. The van der Waals surface area contributed by atoms with Crippen LogP contribution in [0, 0.1) is 0 Å². The maximum atomic E-state index is 6.48. The van der Waals surface area contributed by atoms with Crippen molar-refractivity contribution in [3.8, 4) is 11.5 Å². The molecule has 0 aliphatic carbocycles. The Morgan fingerprint density at radius 1 is 0.730 bits per heavy atom. The number of hydrogen-bond donors (Lipinski definition) is 0. The minimum Gasteiger partial charge on any atom is -0.497 e. The Morgan fingerprint density at radius 3 is 1.97 bits per heavy atom. The lowest BCUT2D eigenvalue weighted by Crippen LogP contribution is -2.59. The average molecular weight is 507 g/mol. The van der Waals surface area contributed by atoms with Gasteiger partial charge in [-0.15, -0.1) is 0 Å². The van der Waals surface area contributed by atoms with E-state index in [1.807, 2.05) is 98.8 Å². The molecule has 0 bridgehead atoms. The molecule has 0 saturated carbocycles. The molecule has 0 amide bonds. The monoisotopic (exact) mass is 506 g/mol. The molecule has 0 spiro atoms. The van der Waals surface area contributed by atoms with E-state index < -0.39 is 30.4 Å². The molecule has 2 fully saturated rings. The first kappa shape index (κ1) is 25.7. The van der Waals surface area contributed by atoms with E-state index >= 15 is 0 Å². The van der Waals surface area contributed by atoms with Crippen molar-refractivity contribution < 1.29 is 33.2 Å². The summed E-state index contributed by atoms with van der Waals surface area (Å²) in [5.41, 5.74) is 2.14. The molecule has 37 heavy (non-hydrogen) atoms. The molecular weight excluding hydrogens is 472 g/mol. The molecule has 2 aliphatic heterocycles. The number of fused-ring (bicyclic) bond motifs is 1. The van der Waals surface area contributed by atoms with Crippen LogP contribution in [0.25, 0.3) is 0 Å². The van der Waals surface area contributed by atoms with E-state index in [2.05, 4.69) is 0 Å². The summed E-state index contributed by atoms with van der Waals surface area (Å²) in [6.45, 7) is 4.99. The van der Waals surface area contributed by atoms with Crippen LogP contribution in [0.1, 0.15) is 25.0 Å². The lowest BCUT2D eigenvalue weighted by Gasteiger charge is -2.41. The summed E-state index contributed by atoms with van der Waals surface area (Å²) in [6.07, 6.45) is -2.45. The number of rotatable bonds is 10. The minimum absolute atomic E-state index is 0.323. The number of ether oxygens (including phenoxy) is 7. The van der Waals surface area contributed by atoms with Gasteiger partial charge >= 0.3 is 0 Å². The molecule has 2 saturated heterocycles. The van der Waals surface area contributed by atoms with Crippen LogP contribution in [-0.4, -0.2) is 50.2 Å². The molecule has 2 heterocycles. The quantitative estimate of drug-likeness (QED) is 0.378. The van der Waals surface area contributed by atoms with Crippen molar-refractivity contribution in [3.05, 3.63) is 96.1 Å². The van der Waals surface area contributed by atoms with Gasteiger partial charge in [0, 0.05) is 0 Å². The Kier molecular flexibility index (Phi) is 8.08. The largest absolute Gasteiger partial charge is 0.497 e. The smallest absolute Gasteiger partial charge is 0.229 e. The van der Waals surface area contributed by atoms with Gasteiger partial charge in [-0.05, 0) is 49.2 Å². The highest BCUT2D eigenvalue weighted by atomic mass is 16.8. The van der Waals surface area contributed by atoms with Gasteiger partial charge in [-0.2, -0.15) is 0 Å². The fraction of sp³-hybridized carbons (Fsp3) is 0.400. The number of methoxy groups -OCH3 is 1. The molecule has 0 radical (unpaired) electrons. The normalized spacial score (nSPS) is 26.4. The molecular formula is C30H34O7. The molecule has 2 aliphatic rings. The molecule has 3 unspecified atom stereocenters. The zero-order chi connectivity index (χ0) is 25.7. The van der Waals surface area contributed by atoms with Gasteiger partial charge in [-0.1, -0.05) is 60.7 Å². The summed E-state index contributed by atoms with van der Waals surface area (Å²) in [6, 6.07) is 27.4. The van der Waals surface area contributed by atoms with Crippen LogP contribution in [0.2, 0.25) is 0 Å². The molecule has 196 valence electrons. The van der Waals surface area contributed by atoms with Crippen LogP contribution in [-0.2, 0) is 36.9 Å². The number of benzene rings is 3. The predicted octanol–water partition coefficient (Wildman–Crippen LogP) is 5.12. The fourth-order valence-corrected chi connectivity index (χ4v) is 4.67. The van der Waals surface area contributed by atoms with Gasteiger partial charge in [0.1, 0.15) is 35.9 Å². The third-order valence-electron chi connectivity index (χ3n) is 6.42. The zero-order valence-electron chi connectivity index (χ0n) is 21.4. The first-order chi connectivity index (χ1) is 18.0. The molecule has 7 heteroatoms. The van der Waals surface area contributed by atoms with Crippen molar-refractivity contribution in [1.29, 1.82) is 0 Å². The Hall–Kier alpha value is -2.94.